The number of rotatable bonds is 9. The Kier molecular flexibility index (Phi) is 8.51. The summed E-state index contributed by atoms with van der Waals surface area (Å²) in [4.78, 5) is 12.7. The number of sulfonamides is 1. The molecule has 0 amide bonds. The third kappa shape index (κ3) is 7.20. The van der Waals surface area contributed by atoms with Crippen molar-refractivity contribution in [1.29, 1.82) is 0 Å². The quantitative estimate of drug-likeness (QED) is 0.167. The first kappa shape index (κ1) is 30.2. The number of hydrogen-bond acceptors (Lipinski definition) is 8. The lowest BCUT2D eigenvalue weighted by Gasteiger charge is -2.33. The summed E-state index contributed by atoms with van der Waals surface area (Å²) in [5, 5.41) is 6.10. The van der Waals surface area contributed by atoms with Crippen molar-refractivity contribution in [2.45, 2.75) is 37.7 Å². The van der Waals surface area contributed by atoms with Gasteiger partial charge in [0.2, 0.25) is 27.7 Å². The Morgan fingerprint density at radius 1 is 1.07 bits per heavy atom. The molecule has 1 aliphatic rings. The molecular weight excluding hydrogens is 588 g/mol. The second-order valence-corrected chi connectivity index (χ2v) is 12.2. The molecule has 43 heavy (non-hydrogen) atoms. The second kappa shape index (κ2) is 12.1. The number of piperidine rings is 1. The van der Waals surface area contributed by atoms with Crippen LogP contribution in [-0.2, 0) is 15.8 Å². The number of aromatic nitrogens is 3. The van der Waals surface area contributed by atoms with Crippen LogP contribution in [0.2, 0.25) is 0 Å². The number of benzene rings is 2. The third-order valence-corrected chi connectivity index (χ3v) is 7.99. The van der Waals surface area contributed by atoms with Crippen LogP contribution in [-0.4, -0.2) is 48.2 Å². The van der Waals surface area contributed by atoms with E-state index in [-0.39, 0.29) is 42.1 Å². The van der Waals surface area contributed by atoms with Crippen LogP contribution < -0.4 is 20.1 Å². The monoisotopic (exact) mass is 616 g/mol. The van der Waals surface area contributed by atoms with E-state index in [0.29, 0.717) is 23.7 Å². The summed E-state index contributed by atoms with van der Waals surface area (Å²) < 4.78 is 92.2. The van der Waals surface area contributed by atoms with E-state index in [4.69, 9.17) is 4.74 Å². The molecule has 9 nitrogen and oxygen atoms in total. The summed E-state index contributed by atoms with van der Waals surface area (Å²) in [6.07, 6.45) is 3.01. The van der Waals surface area contributed by atoms with Crippen LogP contribution in [0.1, 0.15) is 24.5 Å². The molecule has 2 atom stereocenters. The van der Waals surface area contributed by atoms with Crippen molar-refractivity contribution >= 4 is 21.7 Å². The SMILES string of the molecule is Cc1ccccc1CS(=O)(=O)Nc1c(F)cc(Oc2ncccc2-c2ccnc(NC3CNC[C@@](C)(F)C3)n2)c(F)c1F. The minimum Gasteiger partial charge on any atom is -0.435 e. The molecule has 4 aromatic rings. The molecule has 0 aliphatic carbocycles. The highest BCUT2D eigenvalue weighted by Crippen LogP contribution is 2.36. The Morgan fingerprint density at radius 2 is 1.86 bits per heavy atom. The van der Waals surface area contributed by atoms with Crippen molar-refractivity contribution in [3.63, 3.8) is 0 Å². The summed E-state index contributed by atoms with van der Waals surface area (Å²) >= 11 is 0. The normalized spacial score (nSPS) is 18.7. The molecule has 2 aromatic carbocycles. The zero-order chi connectivity index (χ0) is 30.8. The lowest BCUT2D eigenvalue weighted by molar-refractivity contribution is 0.137. The van der Waals surface area contributed by atoms with E-state index in [1.807, 2.05) is 0 Å². The van der Waals surface area contributed by atoms with Gasteiger partial charge in [0.25, 0.3) is 0 Å². The maximum atomic E-state index is 15.1. The van der Waals surface area contributed by atoms with Crippen LogP contribution in [0, 0.1) is 24.4 Å². The van der Waals surface area contributed by atoms with Crippen LogP contribution in [0.4, 0.5) is 29.2 Å². The van der Waals surface area contributed by atoms with E-state index in [1.54, 1.807) is 48.0 Å². The van der Waals surface area contributed by atoms with E-state index in [0.717, 1.165) is 0 Å². The van der Waals surface area contributed by atoms with Gasteiger partial charge in [-0.3, -0.25) is 4.72 Å². The topological polar surface area (TPSA) is 118 Å². The third-order valence-electron chi connectivity index (χ3n) is 6.79. The Morgan fingerprint density at radius 3 is 2.63 bits per heavy atom. The number of ether oxygens (including phenoxy) is 1. The molecule has 1 saturated heterocycles. The summed E-state index contributed by atoms with van der Waals surface area (Å²) in [6.45, 7) is 3.93. The number of halogens is 4. The van der Waals surface area contributed by atoms with Gasteiger partial charge in [-0.2, -0.15) is 4.39 Å². The Hall–Kier alpha value is -4.30. The molecular formula is C29H28F4N6O3S. The molecule has 3 heterocycles. The number of nitrogens with zero attached hydrogens (tertiary/aromatic N) is 3. The lowest BCUT2D eigenvalue weighted by Crippen LogP contribution is -2.50. The smallest absolute Gasteiger partial charge is 0.237 e. The number of aryl methyl sites for hydroxylation is 1. The standard InChI is InChI=1S/C29H28F4N6O3S/c1-17-6-3-4-7-18(17)15-43(40,41)39-26-21(30)12-23(24(31)25(26)32)42-27-20(8-5-10-35-27)22-9-11-36-28(38-22)37-19-13-29(2,33)16-34-14-19/h3-12,19,34,39H,13-16H2,1-2H3,(H,36,37,38)/t19?,29-/m0/s1. The summed E-state index contributed by atoms with van der Waals surface area (Å²) in [7, 11) is -4.30. The minimum absolute atomic E-state index is 0.197. The van der Waals surface area contributed by atoms with Crippen LogP contribution >= 0.6 is 0 Å². The fourth-order valence-electron chi connectivity index (χ4n) is 4.71. The minimum atomic E-state index is -4.30. The van der Waals surface area contributed by atoms with E-state index >= 15 is 13.2 Å². The maximum Gasteiger partial charge on any atom is 0.237 e. The Bertz CT molecular complexity index is 1760. The highest BCUT2D eigenvalue weighted by Gasteiger charge is 2.32. The first-order valence-corrected chi connectivity index (χ1v) is 14.9. The summed E-state index contributed by atoms with van der Waals surface area (Å²) in [5.74, 6) is -6.27. The van der Waals surface area contributed by atoms with Crippen molar-refractivity contribution < 1.29 is 30.7 Å². The molecule has 1 aliphatic heterocycles. The zero-order valence-corrected chi connectivity index (χ0v) is 24.0. The number of anilines is 2. The van der Waals surface area contributed by atoms with Gasteiger partial charge in [0.1, 0.15) is 11.4 Å². The molecule has 5 rings (SSSR count). The molecule has 1 unspecified atom stereocenters. The van der Waals surface area contributed by atoms with Crippen LogP contribution in [0.5, 0.6) is 11.6 Å². The molecule has 0 saturated carbocycles. The fourth-order valence-corrected chi connectivity index (χ4v) is 6.01. The van der Waals surface area contributed by atoms with Gasteiger partial charge in [0, 0.05) is 44.0 Å². The lowest BCUT2D eigenvalue weighted by atomic mass is 9.95. The van der Waals surface area contributed by atoms with E-state index in [1.165, 1.54) is 25.4 Å². The van der Waals surface area contributed by atoms with Crippen molar-refractivity contribution in [3.05, 3.63) is 89.5 Å². The number of nitrogens with one attached hydrogen (secondary N) is 3. The van der Waals surface area contributed by atoms with Gasteiger partial charge in [-0.1, -0.05) is 24.3 Å². The summed E-state index contributed by atoms with van der Waals surface area (Å²) in [5.41, 5.74) is -0.966. The molecule has 14 heteroatoms. The van der Waals surface area contributed by atoms with Gasteiger partial charge in [-0.05, 0) is 43.2 Å². The average Bonchev–Trinajstić information content (AvgIpc) is 2.95. The van der Waals surface area contributed by atoms with Gasteiger partial charge in [0.05, 0.1) is 17.0 Å². The predicted molar refractivity (Wildman–Crippen MR) is 153 cm³/mol. The number of alkyl halides is 1. The van der Waals surface area contributed by atoms with E-state index < -0.39 is 50.3 Å². The highest BCUT2D eigenvalue weighted by molar-refractivity contribution is 7.91. The zero-order valence-electron chi connectivity index (χ0n) is 23.2. The van der Waals surface area contributed by atoms with Crippen molar-refractivity contribution in [2.75, 3.05) is 23.1 Å². The van der Waals surface area contributed by atoms with Gasteiger partial charge >= 0.3 is 0 Å². The number of hydrogen-bond donors (Lipinski definition) is 3. The van der Waals surface area contributed by atoms with E-state index in [9.17, 15) is 12.8 Å². The number of pyridine rings is 1. The van der Waals surface area contributed by atoms with Crippen molar-refractivity contribution in [3.8, 4) is 22.9 Å². The second-order valence-electron chi connectivity index (χ2n) is 10.5. The van der Waals surface area contributed by atoms with Gasteiger partial charge in [0.15, 0.2) is 17.4 Å². The van der Waals surface area contributed by atoms with Gasteiger partial charge < -0.3 is 15.4 Å². The molecule has 2 aromatic heterocycles. The Labute approximate surface area is 245 Å². The Balaban J connectivity index is 1.38. The molecule has 0 spiro atoms. The highest BCUT2D eigenvalue weighted by atomic mass is 32.2. The largest absolute Gasteiger partial charge is 0.435 e. The van der Waals surface area contributed by atoms with Gasteiger partial charge in [-0.15, -0.1) is 0 Å². The molecule has 0 radical (unpaired) electrons. The molecule has 3 N–H and O–H groups in total. The maximum absolute atomic E-state index is 15.1. The van der Waals surface area contributed by atoms with Crippen molar-refractivity contribution in [2.24, 2.45) is 0 Å². The molecule has 226 valence electrons. The van der Waals surface area contributed by atoms with Crippen LogP contribution in [0.3, 0.4) is 0 Å². The van der Waals surface area contributed by atoms with E-state index in [2.05, 4.69) is 25.6 Å². The van der Waals surface area contributed by atoms with Crippen LogP contribution in [0.15, 0.2) is 60.9 Å². The first-order valence-electron chi connectivity index (χ1n) is 13.3. The molecule has 1 fully saturated rings. The predicted octanol–water partition coefficient (Wildman–Crippen LogP) is 5.50. The van der Waals surface area contributed by atoms with Crippen molar-refractivity contribution in [1.82, 2.24) is 20.3 Å². The summed E-state index contributed by atoms with van der Waals surface area (Å²) in [6, 6.07) is 11.5. The first-order chi connectivity index (χ1) is 20.4. The van der Waals surface area contributed by atoms with Crippen LogP contribution in [0.25, 0.3) is 11.3 Å². The van der Waals surface area contributed by atoms with Gasteiger partial charge in [-0.25, -0.2) is 36.5 Å². The average molecular weight is 617 g/mol. The molecule has 0 bridgehead atoms. The fraction of sp³-hybridized carbons (Fsp3) is 0.276.